The molecular weight excluding hydrogens is 366 g/mol. The Morgan fingerprint density at radius 2 is 1.83 bits per heavy atom. The molecule has 0 saturated carbocycles. The lowest BCUT2D eigenvalue weighted by Crippen LogP contribution is -2.23. The molecule has 0 spiro atoms. The van der Waals surface area contributed by atoms with E-state index >= 15 is 0 Å². The third-order valence-electron chi connectivity index (χ3n) is 4.44. The van der Waals surface area contributed by atoms with Crippen LogP contribution in [0, 0.1) is 6.92 Å². The van der Waals surface area contributed by atoms with E-state index in [0.29, 0.717) is 17.7 Å². The van der Waals surface area contributed by atoms with Gasteiger partial charge in [0.1, 0.15) is 0 Å². The summed E-state index contributed by atoms with van der Waals surface area (Å²) >= 11 is 0. The molecule has 4 aromatic rings. The van der Waals surface area contributed by atoms with Crippen LogP contribution in [0.1, 0.15) is 32.2 Å². The van der Waals surface area contributed by atoms with Crippen molar-refractivity contribution in [2.45, 2.75) is 13.5 Å². The Morgan fingerprint density at radius 3 is 2.62 bits per heavy atom. The second-order valence-electron chi connectivity index (χ2n) is 6.60. The first-order chi connectivity index (χ1) is 14.1. The van der Waals surface area contributed by atoms with Gasteiger partial charge in [-0.05, 0) is 54.4 Å². The third kappa shape index (κ3) is 3.98. The highest BCUT2D eigenvalue weighted by atomic mass is 16.2. The molecule has 3 aromatic heterocycles. The van der Waals surface area contributed by atoms with Crippen LogP contribution in [0.15, 0.2) is 73.2 Å². The number of rotatable bonds is 5. The molecular formula is C22H19N5O2. The lowest BCUT2D eigenvalue weighted by atomic mass is 10.2. The number of hydrogen-bond donors (Lipinski definition) is 2. The summed E-state index contributed by atoms with van der Waals surface area (Å²) in [4.78, 5) is 33.9. The minimum Gasteiger partial charge on any atom is -0.347 e. The van der Waals surface area contributed by atoms with Crippen LogP contribution in [0.3, 0.4) is 0 Å². The minimum absolute atomic E-state index is 0.149. The molecule has 0 aliphatic carbocycles. The summed E-state index contributed by atoms with van der Waals surface area (Å²) in [5, 5.41) is 5.68. The van der Waals surface area contributed by atoms with Crippen molar-refractivity contribution in [2.24, 2.45) is 0 Å². The van der Waals surface area contributed by atoms with E-state index in [2.05, 4.69) is 20.6 Å². The fourth-order valence-electron chi connectivity index (χ4n) is 3.04. The fraction of sp³-hybridized carbons (Fsp3) is 0.0909. The number of nitrogens with one attached hydrogen (secondary N) is 2. The van der Waals surface area contributed by atoms with E-state index in [0.717, 1.165) is 11.1 Å². The van der Waals surface area contributed by atoms with Gasteiger partial charge in [0.25, 0.3) is 11.8 Å². The van der Waals surface area contributed by atoms with Gasteiger partial charge in [-0.1, -0.05) is 18.2 Å². The summed E-state index contributed by atoms with van der Waals surface area (Å²) in [6, 6.07) is 16.5. The molecule has 2 N–H and O–H groups in total. The zero-order chi connectivity index (χ0) is 20.2. The minimum atomic E-state index is -0.384. The number of imidazole rings is 1. The quantitative estimate of drug-likeness (QED) is 0.552. The van der Waals surface area contributed by atoms with E-state index in [1.807, 2.05) is 43.3 Å². The van der Waals surface area contributed by atoms with Crippen molar-refractivity contribution >= 4 is 23.0 Å². The van der Waals surface area contributed by atoms with Crippen molar-refractivity contribution in [1.29, 1.82) is 0 Å². The van der Waals surface area contributed by atoms with E-state index in [1.54, 1.807) is 41.2 Å². The summed E-state index contributed by atoms with van der Waals surface area (Å²) < 4.78 is 1.62. The molecule has 3 heterocycles. The molecule has 0 radical (unpaired) electrons. The molecule has 4 rings (SSSR count). The Bertz CT molecular complexity index is 1180. The van der Waals surface area contributed by atoms with Crippen molar-refractivity contribution < 1.29 is 9.59 Å². The van der Waals surface area contributed by atoms with Crippen LogP contribution < -0.4 is 10.6 Å². The molecule has 7 heteroatoms. The summed E-state index contributed by atoms with van der Waals surface area (Å²) in [5.74, 6) is -0.582. The van der Waals surface area contributed by atoms with Gasteiger partial charge in [-0.25, -0.2) is 4.98 Å². The SMILES string of the molecule is Cc1cccc(NC(=O)c2nc(C(=O)NCc3ccncc3)c3ccccn23)c1. The molecule has 0 bridgehead atoms. The van der Waals surface area contributed by atoms with Gasteiger partial charge in [-0.15, -0.1) is 0 Å². The number of fused-ring (bicyclic) bond motifs is 1. The van der Waals surface area contributed by atoms with Crippen LogP contribution in [0.4, 0.5) is 5.69 Å². The van der Waals surface area contributed by atoms with E-state index in [-0.39, 0.29) is 23.3 Å². The Morgan fingerprint density at radius 1 is 1.00 bits per heavy atom. The Hall–Kier alpha value is -4.00. The van der Waals surface area contributed by atoms with Gasteiger partial charge >= 0.3 is 0 Å². The molecule has 1 aromatic carbocycles. The normalized spacial score (nSPS) is 10.7. The molecule has 0 atom stereocenters. The zero-order valence-electron chi connectivity index (χ0n) is 15.8. The van der Waals surface area contributed by atoms with Gasteiger partial charge in [-0.2, -0.15) is 0 Å². The highest BCUT2D eigenvalue weighted by molar-refractivity contribution is 6.06. The van der Waals surface area contributed by atoms with Gasteiger partial charge in [0.2, 0.25) is 5.82 Å². The number of carbonyl (C=O) groups is 2. The summed E-state index contributed by atoms with van der Waals surface area (Å²) in [7, 11) is 0. The first-order valence-electron chi connectivity index (χ1n) is 9.14. The lowest BCUT2D eigenvalue weighted by molar-refractivity contribution is 0.0948. The summed E-state index contributed by atoms with van der Waals surface area (Å²) in [6.45, 7) is 2.30. The van der Waals surface area contributed by atoms with E-state index in [1.165, 1.54) is 0 Å². The average Bonchev–Trinajstić information content (AvgIpc) is 3.13. The molecule has 0 fully saturated rings. The van der Waals surface area contributed by atoms with Crippen LogP contribution >= 0.6 is 0 Å². The molecule has 0 aliphatic rings. The van der Waals surface area contributed by atoms with Crippen LogP contribution in [-0.4, -0.2) is 26.2 Å². The molecule has 0 aliphatic heterocycles. The molecule has 144 valence electrons. The van der Waals surface area contributed by atoms with E-state index in [4.69, 9.17) is 0 Å². The first-order valence-corrected chi connectivity index (χ1v) is 9.14. The van der Waals surface area contributed by atoms with Crippen LogP contribution in [-0.2, 0) is 6.54 Å². The average molecular weight is 385 g/mol. The largest absolute Gasteiger partial charge is 0.347 e. The second kappa shape index (κ2) is 7.93. The monoisotopic (exact) mass is 385 g/mol. The smallest absolute Gasteiger partial charge is 0.292 e. The number of carbonyl (C=O) groups excluding carboxylic acids is 2. The Labute approximate surface area is 167 Å². The maximum Gasteiger partial charge on any atom is 0.292 e. The predicted octanol–water partition coefficient (Wildman–Crippen LogP) is 3.22. The number of pyridine rings is 2. The number of amides is 2. The van der Waals surface area contributed by atoms with E-state index < -0.39 is 0 Å². The van der Waals surface area contributed by atoms with Crippen LogP contribution in [0.5, 0.6) is 0 Å². The molecule has 29 heavy (non-hydrogen) atoms. The third-order valence-corrected chi connectivity index (χ3v) is 4.44. The maximum absolute atomic E-state index is 12.8. The van der Waals surface area contributed by atoms with Crippen molar-refractivity contribution in [1.82, 2.24) is 19.7 Å². The fourth-order valence-corrected chi connectivity index (χ4v) is 3.04. The number of anilines is 1. The molecule has 2 amide bonds. The van der Waals surface area contributed by atoms with Gasteiger partial charge in [0.15, 0.2) is 5.69 Å². The number of benzene rings is 1. The summed E-state index contributed by atoms with van der Waals surface area (Å²) in [6.07, 6.45) is 5.05. The van der Waals surface area contributed by atoms with Gasteiger partial charge in [0.05, 0.1) is 5.52 Å². The molecule has 0 unspecified atom stereocenters. The first kappa shape index (κ1) is 18.4. The number of aryl methyl sites for hydroxylation is 1. The number of nitrogens with zero attached hydrogens (tertiary/aromatic N) is 3. The van der Waals surface area contributed by atoms with Gasteiger partial charge in [-0.3, -0.25) is 19.0 Å². The maximum atomic E-state index is 12.8. The van der Waals surface area contributed by atoms with Crippen molar-refractivity contribution in [2.75, 3.05) is 5.32 Å². The van der Waals surface area contributed by atoms with Gasteiger partial charge < -0.3 is 10.6 Å². The Kier molecular flexibility index (Phi) is 5.03. The molecule has 7 nitrogen and oxygen atoms in total. The number of aromatic nitrogens is 3. The van der Waals surface area contributed by atoms with E-state index in [9.17, 15) is 9.59 Å². The molecule has 0 saturated heterocycles. The van der Waals surface area contributed by atoms with Crippen molar-refractivity contribution in [3.63, 3.8) is 0 Å². The highest BCUT2D eigenvalue weighted by Crippen LogP contribution is 2.16. The van der Waals surface area contributed by atoms with Gasteiger partial charge in [0, 0.05) is 30.8 Å². The highest BCUT2D eigenvalue weighted by Gasteiger charge is 2.21. The summed E-state index contributed by atoms with van der Waals surface area (Å²) in [5.41, 5.74) is 3.40. The van der Waals surface area contributed by atoms with Crippen LogP contribution in [0.2, 0.25) is 0 Å². The topological polar surface area (TPSA) is 88.4 Å². The van der Waals surface area contributed by atoms with Crippen LogP contribution in [0.25, 0.3) is 5.52 Å². The zero-order valence-corrected chi connectivity index (χ0v) is 15.8. The predicted molar refractivity (Wildman–Crippen MR) is 110 cm³/mol. The second-order valence-corrected chi connectivity index (χ2v) is 6.60. The Balaban J connectivity index is 1.61. The lowest BCUT2D eigenvalue weighted by Gasteiger charge is -2.05. The standard InChI is InChI=1S/C22H19N5O2/c1-15-5-4-6-17(13-15)25-22(29)20-26-19(18-7-2-3-12-27(18)20)21(28)24-14-16-8-10-23-11-9-16/h2-13H,14H2,1H3,(H,24,28)(H,25,29). The van der Waals surface area contributed by atoms with Crippen molar-refractivity contribution in [3.8, 4) is 0 Å². The number of hydrogen-bond acceptors (Lipinski definition) is 4. The van der Waals surface area contributed by atoms with Crippen molar-refractivity contribution in [3.05, 3.63) is 95.8 Å².